The highest BCUT2D eigenvalue weighted by atomic mass is 16.5. The minimum absolute atomic E-state index is 0.155. The van der Waals surface area contributed by atoms with Gasteiger partial charge in [-0.3, -0.25) is 14.5 Å². The number of nitrogens with zero attached hydrogens (tertiary/aromatic N) is 4. The van der Waals surface area contributed by atoms with Gasteiger partial charge in [-0.25, -0.2) is 9.97 Å². The maximum absolute atomic E-state index is 13.8. The number of morpholine rings is 1. The third-order valence-corrected chi connectivity index (χ3v) is 8.30. The number of hydrogen-bond donors (Lipinski definition) is 1. The molecule has 2 aromatic heterocycles. The van der Waals surface area contributed by atoms with Crippen molar-refractivity contribution in [2.45, 2.75) is 65.0 Å². The van der Waals surface area contributed by atoms with Crippen molar-refractivity contribution in [2.75, 3.05) is 32.8 Å². The zero-order valence-corrected chi connectivity index (χ0v) is 22.6. The second-order valence-corrected chi connectivity index (χ2v) is 10.8. The molecule has 2 saturated carbocycles. The molecule has 1 saturated heterocycles. The summed E-state index contributed by atoms with van der Waals surface area (Å²) < 4.78 is 7.28. The zero-order chi connectivity index (χ0) is 26.5. The van der Waals surface area contributed by atoms with Crippen LogP contribution < -0.4 is 21.4 Å². The molecule has 0 aromatic carbocycles. The van der Waals surface area contributed by atoms with Crippen LogP contribution in [0.15, 0.2) is 35.4 Å². The van der Waals surface area contributed by atoms with Gasteiger partial charge >= 0.3 is 0 Å². The van der Waals surface area contributed by atoms with Crippen molar-refractivity contribution in [3.8, 4) is 0 Å². The number of carbonyl (C=O) groups excluding carboxylic acids is 1. The van der Waals surface area contributed by atoms with Gasteiger partial charge in [0.25, 0.3) is 11.5 Å². The van der Waals surface area contributed by atoms with E-state index in [1.807, 2.05) is 19.1 Å². The van der Waals surface area contributed by atoms with Crippen LogP contribution in [0.25, 0.3) is 17.7 Å². The second-order valence-electron chi connectivity index (χ2n) is 10.8. The van der Waals surface area contributed by atoms with E-state index in [1.54, 1.807) is 29.1 Å². The summed E-state index contributed by atoms with van der Waals surface area (Å²) in [6.45, 7) is 8.33. The second kappa shape index (κ2) is 11.7. The predicted octanol–water partition coefficient (Wildman–Crippen LogP) is 2.11. The number of aromatic nitrogens is 3. The van der Waals surface area contributed by atoms with Gasteiger partial charge in [0.05, 0.1) is 13.2 Å². The molecule has 2 aromatic rings. The average molecular weight is 518 g/mol. The molecule has 8 heteroatoms. The van der Waals surface area contributed by atoms with E-state index in [4.69, 9.17) is 4.74 Å². The number of amides is 1. The monoisotopic (exact) mass is 517 g/mol. The van der Waals surface area contributed by atoms with Gasteiger partial charge in [0.2, 0.25) is 0 Å². The van der Waals surface area contributed by atoms with Gasteiger partial charge in [-0.05, 0) is 67.9 Å². The third kappa shape index (κ3) is 5.66. The van der Waals surface area contributed by atoms with Crippen molar-refractivity contribution in [1.29, 1.82) is 0 Å². The molecule has 1 aliphatic heterocycles. The summed E-state index contributed by atoms with van der Waals surface area (Å²) in [6.07, 6.45) is 16.1. The Morgan fingerprint density at radius 2 is 1.92 bits per heavy atom. The summed E-state index contributed by atoms with van der Waals surface area (Å²) in [4.78, 5) is 38.4. The lowest BCUT2D eigenvalue weighted by atomic mass is 9.54. The number of pyridine rings is 1. The normalized spacial score (nSPS) is 20.8. The van der Waals surface area contributed by atoms with Crippen LogP contribution in [0.1, 0.15) is 68.6 Å². The number of allylic oxidation sites excluding steroid dienone is 2. The Bertz CT molecular complexity index is 1350. The van der Waals surface area contributed by atoms with Crippen LogP contribution in [0, 0.1) is 5.41 Å². The topological polar surface area (TPSA) is 89.4 Å². The molecule has 0 unspecified atom stereocenters. The lowest BCUT2D eigenvalue weighted by Gasteiger charge is -2.54. The largest absolute Gasteiger partial charge is 0.379 e. The minimum atomic E-state index is -0.273. The summed E-state index contributed by atoms with van der Waals surface area (Å²) in [7, 11) is 0. The van der Waals surface area contributed by atoms with Crippen LogP contribution >= 0.6 is 0 Å². The Morgan fingerprint density at radius 1 is 1.18 bits per heavy atom. The Hall–Kier alpha value is -3.10. The zero-order valence-electron chi connectivity index (χ0n) is 22.6. The lowest BCUT2D eigenvalue weighted by Crippen LogP contribution is -2.55. The van der Waals surface area contributed by atoms with Gasteiger partial charge in [-0.1, -0.05) is 25.5 Å². The molecule has 3 aliphatic rings. The van der Waals surface area contributed by atoms with Crippen LogP contribution in [0.5, 0.6) is 0 Å². The molecule has 38 heavy (non-hydrogen) atoms. The first-order valence-electron chi connectivity index (χ1n) is 14.0. The van der Waals surface area contributed by atoms with E-state index in [9.17, 15) is 9.59 Å². The van der Waals surface area contributed by atoms with Crippen LogP contribution in [-0.4, -0.2) is 64.2 Å². The van der Waals surface area contributed by atoms with E-state index in [2.05, 4.69) is 33.2 Å². The smallest absolute Gasteiger partial charge is 0.263 e. The highest BCUT2D eigenvalue weighted by Gasteiger charge is 2.48. The van der Waals surface area contributed by atoms with Crippen molar-refractivity contribution in [3.63, 3.8) is 0 Å². The highest BCUT2D eigenvalue weighted by molar-refractivity contribution is 5.94. The van der Waals surface area contributed by atoms with E-state index in [1.165, 1.54) is 19.3 Å². The Labute approximate surface area is 224 Å². The maximum atomic E-state index is 13.8. The molecule has 202 valence electrons. The van der Waals surface area contributed by atoms with Crippen LogP contribution in [0.2, 0.25) is 0 Å². The molecule has 2 aliphatic carbocycles. The first kappa shape index (κ1) is 26.5. The molecule has 5 rings (SSSR count). The molecule has 3 heterocycles. The minimum Gasteiger partial charge on any atom is -0.379 e. The third-order valence-electron chi connectivity index (χ3n) is 8.30. The molecule has 1 N–H and O–H groups in total. The molecule has 1 spiro atoms. The summed E-state index contributed by atoms with van der Waals surface area (Å²) in [5.41, 5.74) is 1.26. The molecular formula is C30H39N5O3. The first-order chi connectivity index (χ1) is 18.5. The van der Waals surface area contributed by atoms with Crippen LogP contribution in [0.3, 0.4) is 0 Å². The van der Waals surface area contributed by atoms with Gasteiger partial charge < -0.3 is 14.6 Å². The van der Waals surface area contributed by atoms with E-state index >= 15 is 0 Å². The van der Waals surface area contributed by atoms with Crippen molar-refractivity contribution in [1.82, 2.24) is 24.8 Å². The fourth-order valence-corrected chi connectivity index (χ4v) is 6.02. The molecule has 0 bridgehead atoms. The maximum Gasteiger partial charge on any atom is 0.263 e. The quantitative estimate of drug-likeness (QED) is 0.577. The molecule has 8 nitrogen and oxygen atoms in total. The summed E-state index contributed by atoms with van der Waals surface area (Å²) >= 11 is 0. The van der Waals surface area contributed by atoms with Crippen molar-refractivity contribution in [3.05, 3.63) is 62.9 Å². The number of nitrogens with one attached hydrogen (secondary N) is 1. The van der Waals surface area contributed by atoms with Gasteiger partial charge in [0.15, 0.2) is 5.82 Å². The van der Waals surface area contributed by atoms with Gasteiger partial charge in [-0.2, -0.15) is 0 Å². The summed E-state index contributed by atoms with van der Waals surface area (Å²) in [5.74, 6) is 0.333. The van der Waals surface area contributed by atoms with Crippen LogP contribution in [0.4, 0.5) is 0 Å². The molecule has 0 radical (unpaired) electrons. The van der Waals surface area contributed by atoms with Gasteiger partial charge in [-0.15, -0.1) is 0 Å². The number of carbonyl (C=O) groups is 1. The standard InChI is InChI=1S/C30H39N5O3/c1-3-7-26-23(18-22(4-2)27-31-10-6-11-32-27)19-25(28(36)33-24-20-30(21-24)8-5-9-30)29(37)35(26)13-12-34-14-16-38-17-15-34/h4,6-7,10-11,18-19,24H,3,5,8-9,12-17,20-21H2,1-2H3,(H,33,36)/b22-4+,23-18-,26-7-. The van der Waals surface area contributed by atoms with Crippen molar-refractivity contribution >= 4 is 23.6 Å². The molecule has 3 fully saturated rings. The summed E-state index contributed by atoms with van der Waals surface area (Å²) in [6, 6.07) is 3.70. The first-order valence-corrected chi connectivity index (χ1v) is 14.0. The molecule has 0 atom stereocenters. The lowest BCUT2D eigenvalue weighted by molar-refractivity contribution is -0.000658. The fraction of sp³-hybridized carbons (Fsp3) is 0.533. The Balaban J connectivity index is 1.54. The van der Waals surface area contributed by atoms with E-state index in [-0.39, 0.29) is 23.1 Å². The van der Waals surface area contributed by atoms with Gasteiger partial charge in [0, 0.05) is 55.5 Å². The van der Waals surface area contributed by atoms with Gasteiger partial charge in [0.1, 0.15) is 5.56 Å². The summed E-state index contributed by atoms with van der Waals surface area (Å²) in [5, 5.41) is 4.82. The van der Waals surface area contributed by atoms with E-state index in [0.29, 0.717) is 31.0 Å². The molecular weight excluding hydrogens is 478 g/mol. The van der Waals surface area contributed by atoms with Crippen molar-refractivity contribution in [2.24, 2.45) is 5.41 Å². The average Bonchev–Trinajstić information content (AvgIpc) is 2.89. The van der Waals surface area contributed by atoms with E-state index in [0.717, 1.165) is 55.0 Å². The number of rotatable bonds is 8. The van der Waals surface area contributed by atoms with Crippen molar-refractivity contribution < 1.29 is 9.53 Å². The van der Waals surface area contributed by atoms with Crippen LogP contribution in [-0.2, 0) is 11.3 Å². The number of hydrogen-bond acceptors (Lipinski definition) is 6. The highest BCUT2D eigenvalue weighted by Crippen LogP contribution is 2.55. The SMILES string of the molecule is C\C=C(/C=c1/cc(C(=O)NC2CC3(CCC3)C2)c(=O)n(CCN2CCOCC2)/c1=C\CC)c1ncccn1. The van der Waals surface area contributed by atoms with E-state index < -0.39 is 0 Å². The number of ether oxygens (including phenoxy) is 1. The fourth-order valence-electron chi connectivity index (χ4n) is 6.02. The Kier molecular flexibility index (Phi) is 8.19. The molecule has 1 amide bonds. The Morgan fingerprint density at radius 3 is 2.55 bits per heavy atom. The predicted molar refractivity (Wildman–Crippen MR) is 149 cm³/mol.